The van der Waals surface area contributed by atoms with Crippen molar-refractivity contribution in [1.29, 1.82) is 0 Å². The fraction of sp³-hybridized carbons (Fsp3) is 0.611. The maximum absolute atomic E-state index is 12.9. The van der Waals surface area contributed by atoms with Crippen molar-refractivity contribution in [2.24, 2.45) is 0 Å². The number of nitrogens with one attached hydrogen (secondary N) is 1. The number of piperidine rings is 1. The number of nitrogens with zero attached hydrogens (tertiary/aromatic N) is 2. The summed E-state index contributed by atoms with van der Waals surface area (Å²) < 4.78 is 0. The van der Waals surface area contributed by atoms with Gasteiger partial charge in [0, 0.05) is 25.7 Å². The van der Waals surface area contributed by atoms with Gasteiger partial charge in [0.05, 0.1) is 6.04 Å². The van der Waals surface area contributed by atoms with E-state index in [4.69, 9.17) is 0 Å². The Kier molecular flexibility index (Phi) is 5.11. The first-order valence-electron chi connectivity index (χ1n) is 8.52. The summed E-state index contributed by atoms with van der Waals surface area (Å²) in [5.74, 6) is 0.350. The number of rotatable bonds is 4. The molecule has 1 aromatic rings. The molecule has 3 rings (SSSR count). The number of hydrogen-bond donors (Lipinski definition) is 1. The summed E-state index contributed by atoms with van der Waals surface area (Å²) >= 11 is 0. The fourth-order valence-electron chi connectivity index (χ4n) is 3.71. The van der Waals surface area contributed by atoms with Gasteiger partial charge in [-0.25, -0.2) is 0 Å². The van der Waals surface area contributed by atoms with Crippen LogP contribution >= 0.6 is 0 Å². The van der Waals surface area contributed by atoms with Crippen LogP contribution in [0.15, 0.2) is 30.3 Å². The summed E-state index contributed by atoms with van der Waals surface area (Å²) in [4.78, 5) is 17.3. The average molecular weight is 301 g/mol. The molecule has 4 heteroatoms. The van der Waals surface area contributed by atoms with Gasteiger partial charge in [-0.3, -0.25) is 9.69 Å². The molecule has 1 unspecified atom stereocenters. The first kappa shape index (κ1) is 15.5. The first-order valence-corrected chi connectivity index (χ1v) is 8.52. The molecule has 22 heavy (non-hydrogen) atoms. The van der Waals surface area contributed by atoms with Crippen LogP contribution in [-0.4, -0.2) is 54.5 Å². The number of carbonyl (C=O) groups is 1. The van der Waals surface area contributed by atoms with Crippen LogP contribution in [0, 0.1) is 0 Å². The highest BCUT2D eigenvalue weighted by molar-refractivity contribution is 5.82. The van der Waals surface area contributed by atoms with E-state index in [0.717, 1.165) is 51.9 Å². The molecule has 0 aromatic heterocycles. The van der Waals surface area contributed by atoms with Crippen LogP contribution in [-0.2, 0) is 11.3 Å². The van der Waals surface area contributed by atoms with Gasteiger partial charge in [0.1, 0.15) is 0 Å². The fourth-order valence-corrected chi connectivity index (χ4v) is 3.71. The average Bonchev–Trinajstić information content (AvgIpc) is 3.03. The number of amides is 1. The van der Waals surface area contributed by atoms with E-state index in [1.807, 2.05) is 13.1 Å². The van der Waals surface area contributed by atoms with Crippen LogP contribution in [0.4, 0.5) is 0 Å². The van der Waals surface area contributed by atoms with Gasteiger partial charge >= 0.3 is 0 Å². The van der Waals surface area contributed by atoms with Gasteiger partial charge in [0.2, 0.25) is 5.91 Å². The van der Waals surface area contributed by atoms with Gasteiger partial charge < -0.3 is 10.2 Å². The SMILES string of the molecule is CNC1CCN(C(=O)C2CCCN2Cc2ccccc2)CC1. The molecule has 0 spiro atoms. The molecule has 0 aliphatic carbocycles. The minimum atomic E-state index is 0.0892. The third-order valence-electron chi connectivity index (χ3n) is 5.09. The van der Waals surface area contributed by atoms with Gasteiger partial charge in [-0.1, -0.05) is 30.3 Å². The minimum absolute atomic E-state index is 0.0892. The third-order valence-corrected chi connectivity index (χ3v) is 5.09. The largest absolute Gasteiger partial charge is 0.341 e. The standard InChI is InChI=1S/C18H27N3O/c1-19-16-9-12-20(13-10-16)18(22)17-8-5-11-21(17)14-15-6-3-2-4-7-15/h2-4,6-7,16-17,19H,5,8-14H2,1H3. The molecule has 0 bridgehead atoms. The second kappa shape index (κ2) is 7.25. The molecule has 2 saturated heterocycles. The molecule has 2 fully saturated rings. The van der Waals surface area contributed by atoms with Crippen LogP contribution < -0.4 is 5.32 Å². The van der Waals surface area contributed by atoms with Gasteiger partial charge in [0.25, 0.3) is 0 Å². The molecule has 1 N–H and O–H groups in total. The summed E-state index contributed by atoms with van der Waals surface area (Å²) in [6, 6.07) is 11.2. The highest BCUT2D eigenvalue weighted by Crippen LogP contribution is 2.23. The molecule has 4 nitrogen and oxygen atoms in total. The Morgan fingerprint density at radius 2 is 1.86 bits per heavy atom. The van der Waals surface area contributed by atoms with Crippen molar-refractivity contribution < 1.29 is 4.79 Å². The molecule has 2 heterocycles. The van der Waals surface area contributed by atoms with Crippen LogP contribution in [0.3, 0.4) is 0 Å². The molecular weight excluding hydrogens is 274 g/mol. The van der Waals surface area contributed by atoms with Crippen LogP contribution in [0.2, 0.25) is 0 Å². The maximum atomic E-state index is 12.9. The van der Waals surface area contributed by atoms with Crippen molar-refractivity contribution in [2.45, 2.75) is 44.3 Å². The Balaban J connectivity index is 1.59. The summed E-state index contributed by atoms with van der Waals surface area (Å²) in [6.07, 6.45) is 4.30. The zero-order valence-electron chi connectivity index (χ0n) is 13.5. The molecule has 1 atom stereocenters. The molecule has 1 amide bonds. The lowest BCUT2D eigenvalue weighted by Gasteiger charge is -2.35. The summed E-state index contributed by atoms with van der Waals surface area (Å²) in [7, 11) is 2.01. The molecule has 2 aliphatic heterocycles. The molecule has 1 aromatic carbocycles. The van der Waals surface area contributed by atoms with E-state index in [1.54, 1.807) is 0 Å². The Morgan fingerprint density at radius 1 is 1.14 bits per heavy atom. The first-order chi connectivity index (χ1) is 10.8. The van der Waals surface area contributed by atoms with Crippen molar-refractivity contribution in [3.63, 3.8) is 0 Å². The number of likely N-dealkylation sites (tertiary alicyclic amines) is 2. The summed E-state index contributed by atoms with van der Waals surface area (Å²) in [5.41, 5.74) is 1.30. The van der Waals surface area contributed by atoms with Gasteiger partial charge in [-0.05, 0) is 44.8 Å². The number of benzene rings is 1. The second-order valence-corrected chi connectivity index (χ2v) is 6.50. The Labute approximate surface area is 133 Å². The van der Waals surface area contributed by atoms with E-state index >= 15 is 0 Å². The molecule has 0 saturated carbocycles. The zero-order chi connectivity index (χ0) is 15.4. The second-order valence-electron chi connectivity index (χ2n) is 6.50. The van der Waals surface area contributed by atoms with Gasteiger partial charge in [-0.15, -0.1) is 0 Å². The van der Waals surface area contributed by atoms with E-state index in [0.29, 0.717) is 11.9 Å². The third kappa shape index (κ3) is 3.50. The predicted molar refractivity (Wildman–Crippen MR) is 88.5 cm³/mol. The lowest BCUT2D eigenvalue weighted by molar-refractivity contribution is -0.137. The smallest absolute Gasteiger partial charge is 0.239 e. The predicted octanol–water partition coefficient (Wildman–Crippen LogP) is 1.86. The highest BCUT2D eigenvalue weighted by atomic mass is 16.2. The van der Waals surface area contributed by atoms with E-state index in [2.05, 4.69) is 39.4 Å². The summed E-state index contributed by atoms with van der Waals surface area (Å²) in [5, 5.41) is 3.33. The number of carbonyl (C=O) groups excluding carboxylic acids is 1. The molecular formula is C18H27N3O. The number of hydrogen-bond acceptors (Lipinski definition) is 3. The minimum Gasteiger partial charge on any atom is -0.341 e. The normalized spacial score (nSPS) is 23.9. The van der Waals surface area contributed by atoms with Crippen molar-refractivity contribution in [1.82, 2.24) is 15.1 Å². The van der Waals surface area contributed by atoms with Crippen LogP contribution in [0.5, 0.6) is 0 Å². The van der Waals surface area contributed by atoms with E-state index in [9.17, 15) is 4.79 Å². The highest BCUT2D eigenvalue weighted by Gasteiger charge is 2.34. The van der Waals surface area contributed by atoms with Crippen LogP contribution in [0.1, 0.15) is 31.2 Å². The van der Waals surface area contributed by atoms with E-state index < -0.39 is 0 Å². The van der Waals surface area contributed by atoms with E-state index in [1.165, 1.54) is 5.56 Å². The van der Waals surface area contributed by atoms with Gasteiger partial charge in [0.15, 0.2) is 0 Å². The van der Waals surface area contributed by atoms with Crippen LogP contribution in [0.25, 0.3) is 0 Å². The maximum Gasteiger partial charge on any atom is 0.239 e. The Morgan fingerprint density at radius 3 is 2.55 bits per heavy atom. The van der Waals surface area contributed by atoms with E-state index in [-0.39, 0.29) is 6.04 Å². The lowest BCUT2D eigenvalue weighted by atomic mass is 10.0. The topological polar surface area (TPSA) is 35.6 Å². The zero-order valence-corrected chi connectivity index (χ0v) is 13.5. The molecule has 0 radical (unpaired) electrons. The molecule has 120 valence electrons. The Hall–Kier alpha value is -1.39. The van der Waals surface area contributed by atoms with Crippen molar-refractivity contribution in [3.05, 3.63) is 35.9 Å². The van der Waals surface area contributed by atoms with Crippen molar-refractivity contribution >= 4 is 5.91 Å². The quantitative estimate of drug-likeness (QED) is 0.922. The van der Waals surface area contributed by atoms with Crippen molar-refractivity contribution in [3.8, 4) is 0 Å². The Bertz CT molecular complexity index is 482. The van der Waals surface area contributed by atoms with Crippen molar-refractivity contribution in [2.75, 3.05) is 26.7 Å². The molecule has 2 aliphatic rings. The lowest BCUT2D eigenvalue weighted by Crippen LogP contribution is -2.50. The van der Waals surface area contributed by atoms with Gasteiger partial charge in [-0.2, -0.15) is 0 Å². The monoisotopic (exact) mass is 301 g/mol. The summed E-state index contributed by atoms with van der Waals surface area (Å²) in [6.45, 7) is 3.74.